The topological polar surface area (TPSA) is 32.3 Å². The maximum atomic E-state index is 9.42. The number of benzene rings is 2. The van der Waals surface area contributed by atoms with Crippen molar-refractivity contribution in [2.45, 2.75) is 6.42 Å². The molecule has 0 bridgehead atoms. The molecule has 0 atom stereocenters. The van der Waals surface area contributed by atoms with Crippen LogP contribution in [0.4, 0.5) is 5.69 Å². The zero-order valence-corrected chi connectivity index (χ0v) is 11.5. The van der Waals surface area contributed by atoms with Gasteiger partial charge < -0.3 is 10.4 Å². The number of hydrogen-bond acceptors (Lipinski definition) is 2. The maximum absolute atomic E-state index is 9.42. The molecule has 0 amide bonds. The van der Waals surface area contributed by atoms with Gasteiger partial charge in [0, 0.05) is 12.2 Å². The van der Waals surface area contributed by atoms with Gasteiger partial charge in [-0.05, 0) is 58.8 Å². The van der Waals surface area contributed by atoms with E-state index in [1.165, 1.54) is 5.56 Å². The van der Waals surface area contributed by atoms with Crippen LogP contribution in [0, 0.1) is 3.57 Å². The lowest BCUT2D eigenvalue weighted by Gasteiger charge is -2.07. The van der Waals surface area contributed by atoms with Gasteiger partial charge in [0.2, 0.25) is 0 Å². The Hall–Kier alpha value is -1.23. The van der Waals surface area contributed by atoms with E-state index < -0.39 is 0 Å². The van der Waals surface area contributed by atoms with Crippen molar-refractivity contribution >= 4 is 28.3 Å². The smallest absolute Gasteiger partial charge is 0.128 e. The van der Waals surface area contributed by atoms with E-state index in [4.69, 9.17) is 0 Å². The highest BCUT2D eigenvalue weighted by Gasteiger charge is 1.99. The Morgan fingerprint density at radius 2 is 1.82 bits per heavy atom. The second-order valence-electron chi connectivity index (χ2n) is 3.83. The number of aromatic hydroxyl groups is 1. The largest absolute Gasteiger partial charge is 0.507 e. The molecule has 2 aromatic carbocycles. The summed E-state index contributed by atoms with van der Waals surface area (Å²) in [5.41, 5.74) is 2.37. The van der Waals surface area contributed by atoms with Crippen molar-refractivity contribution in [3.05, 3.63) is 57.7 Å². The van der Waals surface area contributed by atoms with Crippen molar-refractivity contribution in [3.8, 4) is 5.75 Å². The molecule has 88 valence electrons. The molecule has 0 aromatic heterocycles. The molecule has 0 aliphatic rings. The zero-order valence-electron chi connectivity index (χ0n) is 9.36. The summed E-state index contributed by atoms with van der Waals surface area (Å²) in [6.07, 6.45) is 0.950. The minimum Gasteiger partial charge on any atom is -0.507 e. The van der Waals surface area contributed by atoms with Crippen LogP contribution in [0.15, 0.2) is 48.5 Å². The van der Waals surface area contributed by atoms with Crippen LogP contribution in [-0.4, -0.2) is 11.7 Å². The lowest BCUT2D eigenvalue weighted by atomic mass is 10.1. The molecule has 0 spiro atoms. The van der Waals surface area contributed by atoms with E-state index in [2.05, 4.69) is 40.0 Å². The first-order valence-electron chi connectivity index (χ1n) is 5.52. The van der Waals surface area contributed by atoms with E-state index in [0.29, 0.717) is 5.75 Å². The lowest BCUT2D eigenvalue weighted by Crippen LogP contribution is -2.04. The summed E-state index contributed by atoms with van der Waals surface area (Å²) in [6.45, 7) is 0.894. The quantitative estimate of drug-likeness (QED) is 0.834. The van der Waals surface area contributed by atoms with Crippen LogP contribution in [0.5, 0.6) is 5.75 Å². The summed E-state index contributed by atoms with van der Waals surface area (Å²) in [6, 6.07) is 15.9. The predicted molar refractivity (Wildman–Crippen MR) is 79.5 cm³/mol. The van der Waals surface area contributed by atoms with Gasteiger partial charge in [-0.3, -0.25) is 0 Å². The fourth-order valence-electron chi connectivity index (χ4n) is 1.61. The second kappa shape index (κ2) is 5.91. The van der Waals surface area contributed by atoms with Crippen molar-refractivity contribution in [3.63, 3.8) is 0 Å². The molecule has 0 fully saturated rings. The Morgan fingerprint density at radius 1 is 1.06 bits per heavy atom. The fraction of sp³-hybridized carbons (Fsp3) is 0.143. The number of anilines is 1. The monoisotopic (exact) mass is 339 g/mol. The molecule has 17 heavy (non-hydrogen) atoms. The van der Waals surface area contributed by atoms with Crippen LogP contribution in [0.1, 0.15) is 5.56 Å². The van der Waals surface area contributed by atoms with Crippen LogP contribution < -0.4 is 5.32 Å². The third kappa shape index (κ3) is 3.63. The standard InChI is InChI=1S/C14H14INO/c15-13-10-11(6-7-14(13)17)8-9-16-12-4-2-1-3-5-12/h1-7,10,16-17H,8-9H2. The highest BCUT2D eigenvalue weighted by molar-refractivity contribution is 14.1. The molecular weight excluding hydrogens is 325 g/mol. The van der Waals surface area contributed by atoms with Gasteiger partial charge in [-0.2, -0.15) is 0 Å². The van der Waals surface area contributed by atoms with Crippen LogP contribution in [-0.2, 0) is 6.42 Å². The summed E-state index contributed by atoms with van der Waals surface area (Å²) in [5.74, 6) is 0.352. The van der Waals surface area contributed by atoms with Gasteiger partial charge >= 0.3 is 0 Å². The molecule has 2 nitrogen and oxygen atoms in total. The molecule has 0 saturated heterocycles. The second-order valence-corrected chi connectivity index (χ2v) is 4.99. The van der Waals surface area contributed by atoms with Crippen molar-refractivity contribution in [1.82, 2.24) is 0 Å². The molecule has 0 aliphatic heterocycles. The fourth-order valence-corrected chi connectivity index (χ4v) is 2.19. The Balaban J connectivity index is 1.88. The van der Waals surface area contributed by atoms with Crippen molar-refractivity contribution in [2.75, 3.05) is 11.9 Å². The zero-order chi connectivity index (χ0) is 12.1. The van der Waals surface area contributed by atoms with Gasteiger partial charge in [-0.1, -0.05) is 24.3 Å². The van der Waals surface area contributed by atoms with Crippen LogP contribution in [0.3, 0.4) is 0 Å². The molecular formula is C14H14INO. The molecule has 0 radical (unpaired) electrons. The Bertz CT molecular complexity index is 485. The average molecular weight is 339 g/mol. The molecule has 2 rings (SSSR count). The summed E-state index contributed by atoms with van der Waals surface area (Å²) in [5, 5.41) is 12.8. The first kappa shape index (κ1) is 12.2. The van der Waals surface area contributed by atoms with Gasteiger partial charge in [0.15, 0.2) is 0 Å². The Labute approximate surface area is 115 Å². The summed E-state index contributed by atoms with van der Waals surface area (Å²) >= 11 is 2.14. The first-order chi connectivity index (χ1) is 8.25. The van der Waals surface area contributed by atoms with Gasteiger partial charge in [-0.15, -0.1) is 0 Å². The van der Waals surface area contributed by atoms with Gasteiger partial charge in [-0.25, -0.2) is 0 Å². The summed E-state index contributed by atoms with van der Waals surface area (Å²) < 4.78 is 0.903. The molecule has 2 aromatic rings. The highest BCUT2D eigenvalue weighted by atomic mass is 127. The lowest BCUT2D eigenvalue weighted by molar-refractivity contribution is 0.471. The molecule has 2 N–H and O–H groups in total. The maximum Gasteiger partial charge on any atom is 0.128 e. The molecule has 0 saturated carbocycles. The molecule has 0 heterocycles. The van der Waals surface area contributed by atoms with E-state index in [1.807, 2.05) is 30.3 Å². The van der Waals surface area contributed by atoms with E-state index in [-0.39, 0.29) is 0 Å². The van der Waals surface area contributed by atoms with Gasteiger partial charge in [0.1, 0.15) is 5.75 Å². The van der Waals surface area contributed by atoms with Crippen LogP contribution >= 0.6 is 22.6 Å². The van der Waals surface area contributed by atoms with E-state index >= 15 is 0 Å². The third-order valence-corrected chi connectivity index (χ3v) is 3.39. The minimum atomic E-state index is 0.352. The van der Waals surface area contributed by atoms with Crippen molar-refractivity contribution in [2.24, 2.45) is 0 Å². The average Bonchev–Trinajstić information content (AvgIpc) is 2.35. The highest BCUT2D eigenvalue weighted by Crippen LogP contribution is 2.20. The van der Waals surface area contributed by atoms with Crippen molar-refractivity contribution in [1.29, 1.82) is 0 Å². The van der Waals surface area contributed by atoms with Gasteiger partial charge in [0.25, 0.3) is 0 Å². The number of para-hydroxylation sites is 1. The minimum absolute atomic E-state index is 0.352. The molecule has 0 aliphatic carbocycles. The molecule has 3 heteroatoms. The first-order valence-corrected chi connectivity index (χ1v) is 6.60. The number of halogens is 1. The summed E-state index contributed by atoms with van der Waals surface area (Å²) in [7, 11) is 0. The Kier molecular flexibility index (Phi) is 4.25. The number of nitrogens with one attached hydrogen (secondary N) is 1. The van der Waals surface area contributed by atoms with Crippen LogP contribution in [0.2, 0.25) is 0 Å². The van der Waals surface area contributed by atoms with Crippen LogP contribution in [0.25, 0.3) is 0 Å². The number of phenolic OH excluding ortho intramolecular Hbond substituents is 1. The van der Waals surface area contributed by atoms with Crippen molar-refractivity contribution < 1.29 is 5.11 Å². The number of hydrogen-bond donors (Lipinski definition) is 2. The van der Waals surface area contributed by atoms with E-state index in [0.717, 1.165) is 22.2 Å². The number of rotatable bonds is 4. The predicted octanol–water partition coefficient (Wildman–Crippen LogP) is 3.65. The molecule has 0 unspecified atom stereocenters. The normalized spacial score (nSPS) is 10.2. The SMILES string of the molecule is Oc1ccc(CCNc2ccccc2)cc1I. The van der Waals surface area contributed by atoms with E-state index in [1.54, 1.807) is 6.07 Å². The Morgan fingerprint density at radius 3 is 2.53 bits per heavy atom. The summed E-state index contributed by atoms with van der Waals surface area (Å²) in [4.78, 5) is 0. The van der Waals surface area contributed by atoms with Gasteiger partial charge in [0.05, 0.1) is 3.57 Å². The van der Waals surface area contributed by atoms with E-state index in [9.17, 15) is 5.11 Å². The number of phenols is 1. The third-order valence-electron chi connectivity index (χ3n) is 2.53.